The Hall–Kier alpha value is -3.71. The van der Waals surface area contributed by atoms with Crippen molar-refractivity contribution in [3.63, 3.8) is 0 Å². The van der Waals surface area contributed by atoms with E-state index in [4.69, 9.17) is 16.6 Å². The first-order valence-corrected chi connectivity index (χ1v) is 11.7. The van der Waals surface area contributed by atoms with E-state index in [1.165, 1.54) is 24.3 Å². The van der Waals surface area contributed by atoms with E-state index in [2.05, 4.69) is 5.32 Å². The number of aromatic nitrogens is 2. The number of anilines is 2. The molecule has 1 aliphatic heterocycles. The fourth-order valence-electron chi connectivity index (χ4n) is 4.35. The van der Waals surface area contributed by atoms with E-state index in [-0.39, 0.29) is 22.7 Å². The van der Waals surface area contributed by atoms with E-state index in [0.717, 1.165) is 5.56 Å². The van der Waals surface area contributed by atoms with Crippen molar-refractivity contribution in [3.05, 3.63) is 101 Å². The smallest absolute Gasteiger partial charge is 0.230 e. The highest BCUT2D eigenvalue weighted by Gasteiger charge is 2.29. The maximum Gasteiger partial charge on any atom is 0.230 e. The van der Waals surface area contributed by atoms with Crippen molar-refractivity contribution < 1.29 is 13.6 Å². The molecule has 2 heterocycles. The zero-order chi connectivity index (χ0) is 24.5. The monoisotopic (exact) mass is 492 g/mol. The summed E-state index contributed by atoms with van der Waals surface area (Å²) >= 11 is 5.84. The molecule has 1 N–H and O–H groups in total. The molecule has 1 atom stereocenters. The van der Waals surface area contributed by atoms with Crippen LogP contribution in [-0.2, 0) is 17.9 Å². The average molecular weight is 493 g/mol. The summed E-state index contributed by atoms with van der Waals surface area (Å²) in [6.07, 6.45) is 0. The van der Waals surface area contributed by atoms with Gasteiger partial charge in [0.1, 0.15) is 29.0 Å². The normalized spacial score (nSPS) is 13.9. The van der Waals surface area contributed by atoms with Crippen LogP contribution in [0.25, 0.3) is 11.3 Å². The van der Waals surface area contributed by atoms with Gasteiger partial charge in [-0.3, -0.25) is 4.79 Å². The molecule has 0 unspecified atom stereocenters. The lowest BCUT2D eigenvalue weighted by Gasteiger charge is -2.30. The van der Waals surface area contributed by atoms with Gasteiger partial charge in [-0.1, -0.05) is 54.1 Å². The van der Waals surface area contributed by atoms with Gasteiger partial charge < -0.3 is 14.8 Å². The second-order valence-electron chi connectivity index (χ2n) is 8.53. The minimum absolute atomic E-state index is 0.0204. The molecule has 5 rings (SSSR count). The first kappa shape index (κ1) is 23.1. The van der Waals surface area contributed by atoms with E-state index in [1.807, 2.05) is 41.8 Å². The lowest BCUT2D eigenvalue weighted by Crippen LogP contribution is -2.40. The molecule has 0 bridgehead atoms. The molecular weight excluding hydrogens is 470 g/mol. The highest BCUT2D eigenvalue weighted by Crippen LogP contribution is 2.34. The Bertz CT molecular complexity index is 1390. The van der Waals surface area contributed by atoms with Crippen LogP contribution in [0, 0.1) is 11.6 Å². The molecule has 35 heavy (non-hydrogen) atoms. The SMILES string of the molecule is C[C@@H](C(=O)N1CCn2c(nc(-c3cccc(F)c3)c2Nc2ccc(Cl)c(F)c2)C1)c1ccccc1. The van der Waals surface area contributed by atoms with Gasteiger partial charge in [0.25, 0.3) is 0 Å². The highest BCUT2D eigenvalue weighted by molar-refractivity contribution is 6.30. The zero-order valence-electron chi connectivity index (χ0n) is 19.0. The van der Waals surface area contributed by atoms with Crippen molar-refractivity contribution in [3.8, 4) is 11.3 Å². The number of benzene rings is 3. The van der Waals surface area contributed by atoms with E-state index in [0.29, 0.717) is 48.2 Å². The van der Waals surface area contributed by atoms with Crippen molar-refractivity contribution in [2.75, 3.05) is 11.9 Å². The summed E-state index contributed by atoms with van der Waals surface area (Å²) in [4.78, 5) is 19.8. The second-order valence-corrected chi connectivity index (χ2v) is 8.94. The molecule has 4 aromatic rings. The molecule has 1 aromatic heterocycles. The molecule has 178 valence electrons. The molecule has 0 spiro atoms. The number of rotatable bonds is 5. The number of carbonyl (C=O) groups excluding carboxylic acids is 1. The molecule has 0 radical (unpaired) electrons. The number of fused-ring (bicyclic) bond motifs is 1. The van der Waals surface area contributed by atoms with E-state index in [1.54, 1.807) is 23.1 Å². The van der Waals surface area contributed by atoms with Crippen molar-refractivity contribution in [1.29, 1.82) is 0 Å². The summed E-state index contributed by atoms with van der Waals surface area (Å²) in [5.41, 5.74) is 2.56. The van der Waals surface area contributed by atoms with Crippen molar-refractivity contribution in [1.82, 2.24) is 14.5 Å². The van der Waals surface area contributed by atoms with Gasteiger partial charge in [0.15, 0.2) is 0 Å². The third-order valence-corrected chi connectivity index (χ3v) is 6.54. The Labute approximate surface area is 207 Å². The van der Waals surface area contributed by atoms with Gasteiger partial charge in [-0.25, -0.2) is 13.8 Å². The minimum Gasteiger partial charge on any atom is -0.340 e. The van der Waals surface area contributed by atoms with Crippen LogP contribution in [0.4, 0.5) is 20.3 Å². The Balaban J connectivity index is 1.49. The summed E-state index contributed by atoms with van der Waals surface area (Å²) < 4.78 is 30.1. The van der Waals surface area contributed by atoms with Gasteiger partial charge in [-0.2, -0.15) is 0 Å². The zero-order valence-corrected chi connectivity index (χ0v) is 19.8. The first-order valence-electron chi connectivity index (χ1n) is 11.3. The summed E-state index contributed by atoms with van der Waals surface area (Å²) in [7, 11) is 0. The van der Waals surface area contributed by atoms with Crippen LogP contribution in [-0.4, -0.2) is 26.9 Å². The Morgan fingerprint density at radius 3 is 2.57 bits per heavy atom. The van der Waals surface area contributed by atoms with Crippen LogP contribution in [0.15, 0.2) is 72.8 Å². The Morgan fingerprint density at radius 2 is 1.83 bits per heavy atom. The molecule has 5 nitrogen and oxygen atoms in total. The molecule has 1 aliphatic rings. The summed E-state index contributed by atoms with van der Waals surface area (Å²) in [5, 5.41) is 3.26. The lowest BCUT2D eigenvalue weighted by molar-refractivity contribution is -0.134. The van der Waals surface area contributed by atoms with E-state index < -0.39 is 5.82 Å². The van der Waals surface area contributed by atoms with Crippen LogP contribution in [0.5, 0.6) is 0 Å². The van der Waals surface area contributed by atoms with Crippen molar-refractivity contribution >= 4 is 29.0 Å². The van der Waals surface area contributed by atoms with Crippen LogP contribution in [0.1, 0.15) is 24.2 Å². The third kappa shape index (κ3) is 4.64. The van der Waals surface area contributed by atoms with Gasteiger partial charge in [0.2, 0.25) is 5.91 Å². The van der Waals surface area contributed by atoms with Crippen LogP contribution < -0.4 is 5.32 Å². The molecule has 0 fully saturated rings. The molecular formula is C27H23ClF2N4O. The number of carbonyl (C=O) groups is 1. The molecule has 0 saturated carbocycles. The van der Waals surface area contributed by atoms with Gasteiger partial charge in [-0.05, 0) is 42.8 Å². The number of nitrogens with zero attached hydrogens (tertiary/aromatic N) is 3. The predicted molar refractivity (Wildman–Crippen MR) is 133 cm³/mol. The van der Waals surface area contributed by atoms with Crippen LogP contribution >= 0.6 is 11.6 Å². The second kappa shape index (κ2) is 9.50. The van der Waals surface area contributed by atoms with Gasteiger partial charge in [-0.15, -0.1) is 0 Å². The van der Waals surface area contributed by atoms with E-state index >= 15 is 0 Å². The van der Waals surface area contributed by atoms with Crippen molar-refractivity contribution in [2.45, 2.75) is 25.9 Å². The maximum atomic E-state index is 14.1. The fourth-order valence-corrected chi connectivity index (χ4v) is 4.47. The molecule has 1 amide bonds. The van der Waals surface area contributed by atoms with Gasteiger partial charge >= 0.3 is 0 Å². The number of hydrogen-bond acceptors (Lipinski definition) is 3. The van der Waals surface area contributed by atoms with Crippen molar-refractivity contribution in [2.24, 2.45) is 0 Å². The number of amides is 1. The number of hydrogen-bond donors (Lipinski definition) is 1. The standard InChI is InChI=1S/C27H23ClF2N4O/c1-17(18-6-3-2-4-7-18)27(35)33-12-13-34-24(16-33)32-25(19-8-5-9-20(29)14-19)26(34)31-21-10-11-22(28)23(30)15-21/h2-11,14-15,17,31H,12-13,16H2,1H3/t17-/m1/s1. The predicted octanol–water partition coefficient (Wildman–Crippen LogP) is 6.37. The van der Waals surface area contributed by atoms with Gasteiger partial charge in [0, 0.05) is 24.3 Å². The number of nitrogens with one attached hydrogen (secondary N) is 1. The molecule has 0 aliphatic carbocycles. The lowest BCUT2D eigenvalue weighted by atomic mass is 9.99. The first-order chi connectivity index (χ1) is 16.9. The highest BCUT2D eigenvalue weighted by atomic mass is 35.5. The van der Waals surface area contributed by atoms with Crippen LogP contribution in [0.3, 0.4) is 0 Å². The molecule has 3 aromatic carbocycles. The largest absolute Gasteiger partial charge is 0.340 e. The number of halogens is 3. The fraction of sp³-hybridized carbons (Fsp3) is 0.185. The minimum atomic E-state index is -0.547. The number of imidazole rings is 1. The summed E-state index contributed by atoms with van der Waals surface area (Å²) in [6.45, 7) is 3.20. The summed E-state index contributed by atoms with van der Waals surface area (Å²) in [5.74, 6) is 0.0816. The van der Waals surface area contributed by atoms with E-state index in [9.17, 15) is 13.6 Å². The Kier molecular flexibility index (Phi) is 6.26. The average Bonchev–Trinajstić information content (AvgIpc) is 3.23. The quantitative estimate of drug-likeness (QED) is 0.352. The topological polar surface area (TPSA) is 50.2 Å². The third-order valence-electron chi connectivity index (χ3n) is 6.23. The van der Waals surface area contributed by atoms with Crippen LogP contribution in [0.2, 0.25) is 5.02 Å². The van der Waals surface area contributed by atoms with Gasteiger partial charge in [0.05, 0.1) is 17.5 Å². The summed E-state index contributed by atoms with van der Waals surface area (Å²) in [6, 6.07) is 20.3. The molecule has 0 saturated heterocycles. The Morgan fingerprint density at radius 1 is 1.03 bits per heavy atom. The molecule has 8 heteroatoms. The maximum absolute atomic E-state index is 14.1.